The zero-order chi connectivity index (χ0) is 18.7. The summed E-state index contributed by atoms with van der Waals surface area (Å²) in [6.07, 6.45) is 3.27. The Morgan fingerprint density at radius 2 is 2.08 bits per heavy atom. The lowest BCUT2D eigenvalue weighted by molar-refractivity contribution is 0.0759. The number of halogens is 2. The van der Waals surface area contributed by atoms with Gasteiger partial charge in [-0.1, -0.05) is 23.7 Å². The number of aryl methyl sites for hydroxylation is 1. The van der Waals surface area contributed by atoms with Gasteiger partial charge in [-0.3, -0.25) is 9.48 Å². The number of aromatic nitrogens is 4. The van der Waals surface area contributed by atoms with E-state index in [1.165, 1.54) is 4.68 Å². The Kier molecular flexibility index (Phi) is 5.63. The number of para-hydroxylation sites is 1. The Balaban J connectivity index is 1.71. The van der Waals surface area contributed by atoms with E-state index in [1.54, 1.807) is 47.2 Å². The maximum absolute atomic E-state index is 12.8. The summed E-state index contributed by atoms with van der Waals surface area (Å²) >= 11 is 9.53. The molecule has 0 aliphatic rings. The smallest absolute Gasteiger partial charge is 0.272 e. The highest BCUT2D eigenvalue weighted by atomic mass is 79.9. The first kappa shape index (κ1) is 18.5. The van der Waals surface area contributed by atoms with Gasteiger partial charge in [-0.15, -0.1) is 0 Å². The molecule has 0 N–H and O–H groups in total. The highest BCUT2D eigenvalue weighted by Crippen LogP contribution is 2.23. The zero-order valence-corrected chi connectivity index (χ0v) is 16.6. The first-order valence-corrected chi connectivity index (χ1v) is 8.95. The van der Waals surface area contributed by atoms with Gasteiger partial charge in [0.2, 0.25) is 0 Å². The van der Waals surface area contributed by atoms with Crippen molar-refractivity contribution in [2.45, 2.75) is 13.3 Å². The van der Waals surface area contributed by atoms with Gasteiger partial charge in [0.1, 0.15) is 11.4 Å². The third-order valence-electron chi connectivity index (χ3n) is 3.86. The molecule has 0 fully saturated rings. The molecule has 136 valence electrons. The van der Waals surface area contributed by atoms with E-state index in [-0.39, 0.29) is 12.6 Å². The van der Waals surface area contributed by atoms with E-state index in [1.807, 2.05) is 19.2 Å². The van der Waals surface area contributed by atoms with E-state index < -0.39 is 0 Å². The molecule has 2 heterocycles. The second-order valence-corrected chi connectivity index (χ2v) is 6.91. The van der Waals surface area contributed by atoms with E-state index in [9.17, 15) is 4.79 Å². The largest absolute Gasteiger partial charge is 0.470 e. The van der Waals surface area contributed by atoms with Crippen LogP contribution in [0.2, 0.25) is 5.02 Å². The van der Waals surface area contributed by atoms with E-state index in [0.717, 1.165) is 10.2 Å². The minimum absolute atomic E-state index is 0.0844. The van der Waals surface area contributed by atoms with E-state index in [2.05, 4.69) is 26.1 Å². The summed E-state index contributed by atoms with van der Waals surface area (Å²) in [5.74, 6) is 0.369. The van der Waals surface area contributed by atoms with Gasteiger partial charge >= 0.3 is 0 Å². The van der Waals surface area contributed by atoms with Crippen LogP contribution in [0.15, 0.2) is 47.2 Å². The molecule has 3 rings (SSSR count). The highest BCUT2D eigenvalue weighted by molar-refractivity contribution is 9.10. The highest BCUT2D eigenvalue weighted by Gasteiger charge is 2.19. The minimum Gasteiger partial charge on any atom is -0.470 e. The molecule has 0 aliphatic heterocycles. The molecule has 0 bridgehead atoms. The average Bonchev–Trinajstić information content (AvgIpc) is 3.22. The number of ether oxygens (including phenoxy) is 1. The third-order valence-corrected chi connectivity index (χ3v) is 4.83. The molecule has 0 atom stereocenters. The van der Waals surface area contributed by atoms with Crippen LogP contribution in [0.3, 0.4) is 0 Å². The van der Waals surface area contributed by atoms with Crippen molar-refractivity contribution in [1.82, 2.24) is 24.5 Å². The number of benzene rings is 1. The van der Waals surface area contributed by atoms with Gasteiger partial charge < -0.3 is 9.64 Å². The van der Waals surface area contributed by atoms with Gasteiger partial charge in [0.05, 0.1) is 27.9 Å². The first-order chi connectivity index (χ1) is 12.5. The molecule has 9 heteroatoms. The Bertz CT molecular complexity index is 904. The number of rotatable bonds is 6. The van der Waals surface area contributed by atoms with Crippen LogP contribution in [0.5, 0.6) is 5.75 Å². The fourth-order valence-corrected chi connectivity index (χ4v) is 3.08. The summed E-state index contributed by atoms with van der Waals surface area (Å²) in [5, 5.41) is 8.84. The number of hydrogen-bond donors (Lipinski definition) is 0. The predicted octanol–water partition coefficient (Wildman–Crippen LogP) is 3.34. The number of carbonyl (C=O) groups excluding carboxylic acids is 1. The molecule has 0 spiro atoms. The normalized spacial score (nSPS) is 10.8. The molecule has 0 saturated carbocycles. The third kappa shape index (κ3) is 3.91. The fourth-order valence-electron chi connectivity index (χ4n) is 2.42. The molecule has 0 aliphatic carbocycles. The van der Waals surface area contributed by atoms with Gasteiger partial charge in [0, 0.05) is 20.3 Å². The van der Waals surface area contributed by atoms with Gasteiger partial charge in [-0.25, -0.2) is 4.68 Å². The summed E-state index contributed by atoms with van der Waals surface area (Å²) in [5.41, 5.74) is 1.33. The molecular formula is C17H17BrClN5O2. The van der Waals surface area contributed by atoms with Crippen molar-refractivity contribution in [3.8, 4) is 5.75 Å². The summed E-state index contributed by atoms with van der Waals surface area (Å²) in [6, 6.07) is 8.82. The van der Waals surface area contributed by atoms with Crippen molar-refractivity contribution >= 4 is 33.4 Å². The van der Waals surface area contributed by atoms with Crippen LogP contribution in [0.1, 0.15) is 16.2 Å². The lowest BCUT2D eigenvalue weighted by atomic mass is 10.3. The van der Waals surface area contributed by atoms with Crippen LogP contribution in [0.25, 0.3) is 0 Å². The van der Waals surface area contributed by atoms with Crippen LogP contribution >= 0.6 is 27.5 Å². The average molecular weight is 439 g/mol. The molecule has 1 amide bonds. The predicted molar refractivity (Wildman–Crippen MR) is 101 cm³/mol. The maximum Gasteiger partial charge on any atom is 0.272 e. The van der Waals surface area contributed by atoms with Crippen LogP contribution in [-0.2, 0) is 20.3 Å². The standard InChI is InChI=1S/C17H17BrClN5O2/c1-22(10-15-12(18)9-21-23(15)2)17(25)14-7-8-20-24(14)11-26-16-6-4-3-5-13(16)19/h3-9H,10-11H2,1-2H3. The SMILES string of the molecule is CN(Cc1c(Br)cnn1C)C(=O)c1ccnn1COc1ccccc1Cl. The van der Waals surface area contributed by atoms with Crippen LogP contribution in [-0.4, -0.2) is 37.4 Å². The molecular weight excluding hydrogens is 422 g/mol. The Morgan fingerprint density at radius 1 is 1.31 bits per heavy atom. The Labute approximate surface area is 164 Å². The van der Waals surface area contributed by atoms with Gasteiger partial charge in [0.15, 0.2) is 6.73 Å². The minimum atomic E-state index is -0.168. The Morgan fingerprint density at radius 3 is 2.77 bits per heavy atom. The van der Waals surface area contributed by atoms with Crippen molar-refractivity contribution in [2.75, 3.05) is 7.05 Å². The van der Waals surface area contributed by atoms with Crippen molar-refractivity contribution in [3.05, 3.63) is 63.6 Å². The summed E-state index contributed by atoms with van der Waals surface area (Å²) in [7, 11) is 3.56. The lowest BCUT2D eigenvalue weighted by Crippen LogP contribution is -2.30. The van der Waals surface area contributed by atoms with Gasteiger partial charge in [0.25, 0.3) is 5.91 Å². The fraction of sp³-hybridized carbons (Fsp3) is 0.235. The lowest BCUT2D eigenvalue weighted by Gasteiger charge is -2.18. The van der Waals surface area contributed by atoms with Crippen molar-refractivity contribution in [1.29, 1.82) is 0 Å². The topological polar surface area (TPSA) is 65.2 Å². The van der Waals surface area contributed by atoms with Crippen molar-refractivity contribution in [2.24, 2.45) is 7.05 Å². The van der Waals surface area contributed by atoms with Gasteiger partial charge in [-0.05, 0) is 34.1 Å². The molecule has 2 aromatic heterocycles. The quantitative estimate of drug-likeness (QED) is 0.592. The number of hydrogen-bond acceptors (Lipinski definition) is 4. The summed E-state index contributed by atoms with van der Waals surface area (Å²) in [6.45, 7) is 0.494. The summed E-state index contributed by atoms with van der Waals surface area (Å²) in [4.78, 5) is 14.4. The molecule has 0 unspecified atom stereocenters. The molecule has 0 saturated heterocycles. The molecule has 7 nitrogen and oxygen atoms in total. The van der Waals surface area contributed by atoms with Crippen LogP contribution in [0.4, 0.5) is 0 Å². The molecule has 0 radical (unpaired) electrons. The summed E-state index contributed by atoms with van der Waals surface area (Å²) < 4.78 is 9.76. The van der Waals surface area contributed by atoms with Crippen LogP contribution < -0.4 is 4.74 Å². The number of carbonyl (C=O) groups is 1. The van der Waals surface area contributed by atoms with Crippen LogP contribution in [0, 0.1) is 0 Å². The van der Waals surface area contributed by atoms with E-state index in [4.69, 9.17) is 16.3 Å². The maximum atomic E-state index is 12.8. The number of amides is 1. The molecule has 1 aromatic carbocycles. The van der Waals surface area contributed by atoms with Crippen molar-refractivity contribution < 1.29 is 9.53 Å². The second kappa shape index (κ2) is 7.92. The second-order valence-electron chi connectivity index (χ2n) is 5.64. The Hall–Kier alpha value is -2.32. The zero-order valence-electron chi connectivity index (χ0n) is 14.3. The van der Waals surface area contributed by atoms with E-state index in [0.29, 0.717) is 23.0 Å². The van der Waals surface area contributed by atoms with E-state index >= 15 is 0 Å². The number of nitrogens with zero attached hydrogens (tertiary/aromatic N) is 5. The molecule has 3 aromatic rings. The monoisotopic (exact) mass is 437 g/mol. The molecule has 26 heavy (non-hydrogen) atoms. The van der Waals surface area contributed by atoms with Gasteiger partial charge in [-0.2, -0.15) is 10.2 Å². The van der Waals surface area contributed by atoms with Crippen molar-refractivity contribution in [3.63, 3.8) is 0 Å². The first-order valence-electron chi connectivity index (χ1n) is 7.78.